The molecule has 1 heterocycles. The first kappa shape index (κ1) is 44.8. The minimum Gasteiger partial charge on any atom is -0.184 e. The Bertz CT molecular complexity index is 2560. The van der Waals surface area contributed by atoms with Crippen LogP contribution in [-0.2, 0) is 49.0 Å². The van der Waals surface area contributed by atoms with Gasteiger partial charge in [0.2, 0.25) is 0 Å². The third kappa shape index (κ3) is 9.55. The van der Waals surface area contributed by atoms with Gasteiger partial charge < -0.3 is 0 Å². The summed E-state index contributed by atoms with van der Waals surface area (Å²) in [5.74, 6) is 0. The molecule has 0 saturated heterocycles. The minimum absolute atomic E-state index is 0. The van der Waals surface area contributed by atoms with Gasteiger partial charge in [-0.25, -0.2) is 0 Å². The molecular formula is C52H43F6HfSi-3. The van der Waals surface area contributed by atoms with Crippen LogP contribution in [-0.4, -0.2) is 9.52 Å². The first-order chi connectivity index (χ1) is 27.8. The van der Waals surface area contributed by atoms with Crippen LogP contribution in [0.15, 0.2) is 152 Å². The Labute approximate surface area is 369 Å². The Hall–Kier alpha value is -4.79. The molecule has 1 aliphatic rings. The van der Waals surface area contributed by atoms with Gasteiger partial charge in [-0.3, -0.25) is 0 Å². The van der Waals surface area contributed by atoms with Crippen molar-refractivity contribution in [3.8, 4) is 33.4 Å². The fraction of sp³-hybridized carbons (Fsp3) is 0.192. The second-order valence-corrected chi connectivity index (χ2v) is 18.1. The fourth-order valence-corrected chi connectivity index (χ4v) is 8.77. The maximum Gasteiger partial charge on any atom is 0.416 e. The van der Waals surface area contributed by atoms with Crippen molar-refractivity contribution in [3.63, 3.8) is 0 Å². The molecule has 304 valence electrons. The quantitative estimate of drug-likeness (QED) is 0.0920. The SMILES string of the molecule is CC(C)(C)c1cc2c(-c3ccccc3C(F)(F)F)cccc2[cH-]1.CC(C)(C)c1cc2c(-c3ccccc3C(F)(F)F)cccc2[cH-]1.[Hf].[c-]1cccc2c1[Si]c1ccccc1-2. The molecule has 0 N–H and O–H groups in total. The van der Waals surface area contributed by atoms with Crippen LogP contribution in [0, 0.1) is 6.07 Å². The second-order valence-electron chi connectivity index (χ2n) is 16.8. The molecule has 8 aromatic rings. The van der Waals surface area contributed by atoms with E-state index in [4.69, 9.17) is 0 Å². The third-order valence-corrected chi connectivity index (χ3v) is 12.0. The Kier molecular flexibility index (Phi) is 12.9. The van der Waals surface area contributed by atoms with E-state index >= 15 is 0 Å². The van der Waals surface area contributed by atoms with E-state index in [0.717, 1.165) is 54.3 Å². The van der Waals surface area contributed by atoms with Crippen molar-refractivity contribution in [2.75, 3.05) is 0 Å². The summed E-state index contributed by atoms with van der Waals surface area (Å²) in [6.45, 7) is 12.6. The number of rotatable bonds is 2. The van der Waals surface area contributed by atoms with E-state index in [0.29, 0.717) is 11.1 Å². The zero-order valence-corrected chi connectivity index (χ0v) is 38.8. The van der Waals surface area contributed by atoms with Gasteiger partial charge in [0.1, 0.15) is 0 Å². The average Bonchev–Trinajstić information content (AvgIpc) is 3.93. The van der Waals surface area contributed by atoms with Gasteiger partial charge in [0.25, 0.3) is 0 Å². The summed E-state index contributed by atoms with van der Waals surface area (Å²) >= 11 is 0. The smallest absolute Gasteiger partial charge is 0.184 e. The van der Waals surface area contributed by atoms with E-state index in [1.165, 1.54) is 33.6 Å². The first-order valence-corrected chi connectivity index (χ1v) is 20.4. The van der Waals surface area contributed by atoms with E-state index in [-0.39, 0.29) is 47.8 Å². The van der Waals surface area contributed by atoms with E-state index in [9.17, 15) is 26.3 Å². The van der Waals surface area contributed by atoms with Crippen LogP contribution >= 0.6 is 0 Å². The standard InChI is InChI=1S/2C20H18F3.C12H7Si.Hf/c2*1-19(2,3)14-11-13-7-6-9-15(17(13)12-14)16-8-4-5-10-18(16)20(21,22)23;1-3-7-11-9(5-1)10-6-2-4-8-12(10)13-11;/h2*4-12H,1-3H3;1-7H;/q3*-1;. The monoisotopic (exact) mass is 989 g/mol. The van der Waals surface area contributed by atoms with Gasteiger partial charge >= 0.3 is 12.4 Å². The molecule has 60 heavy (non-hydrogen) atoms. The van der Waals surface area contributed by atoms with E-state index in [1.807, 2.05) is 42.5 Å². The van der Waals surface area contributed by atoms with Gasteiger partial charge in [0.05, 0.1) is 20.6 Å². The van der Waals surface area contributed by atoms with Crippen LogP contribution in [0.1, 0.15) is 63.8 Å². The molecule has 9 rings (SSSR count). The molecule has 0 amide bonds. The topological polar surface area (TPSA) is 0 Å². The maximum atomic E-state index is 13.3. The molecule has 8 aromatic carbocycles. The summed E-state index contributed by atoms with van der Waals surface area (Å²) in [7, 11) is 0.795. The van der Waals surface area contributed by atoms with Crippen molar-refractivity contribution in [3.05, 3.63) is 180 Å². The molecule has 1 aliphatic heterocycles. The normalized spacial score (nSPS) is 12.5. The predicted octanol–water partition coefficient (Wildman–Crippen LogP) is 14.2. The van der Waals surface area contributed by atoms with E-state index < -0.39 is 23.5 Å². The van der Waals surface area contributed by atoms with Crippen LogP contribution in [0.3, 0.4) is 0 Å². The molecule has 0 unspecified atom stereocenters. The van der Waals surface area contributed by atoms with Crippen molar-refractivity contribution in [2.24, 2.45) is 0 Å². The Morgan fingerprint density at radius 1 is 0.450 bits per heavy atom. The fourth-order valence-electron chi connectivity index (χ4n) is 7.46. The largest absolute Gasteiger partial charge is 0.416 e. The second kappa shape index (κ2) is 17.3. The van der Waals surface area contributed by atoms with Gasteiger partial charge in [-0.1, -0.05) is 136 Å². The molecule has 0 saturated carbocycles. The van der Waals surface area contributed by atoms with Crippen molar-refractivity contribution in [1.29, 1.82) is 0 Å². The molecule has 2 radical (unpaired) electrons. The van der Waals surface area contributed by atoms with Crippen molar-refractivity contribution in [1.82, 2.24) is 0 Å². The molecule has 0 fully saturated rings. The average molecular weight is 988 g/mol. The van der Waals surface area contributed by atoms with E-state index in [2.05, 4.69) is 96.1 Å². The molecule has 0 nitrogen and oxygen atoms in total. The van der Waals surface area contributed by atoms with Crippen molar-refractivity contribution >= 4 is 41.4 Å². The first-order valence-electron chi connectivity index (χ1n) is 19.4. The molecule has 0 bridgehead atoms. The predicted molar refractivity (Wildman–Crippen MR) is 233 cm³/mol. The zero-order chi connectivity index (χ0) is 42.3. The zero-order valence-electron chi connectivity index (χ0n) is 34.2. The molecular weight excluding hydrogens is 945 g/mol. The van der Waals surface area contributed by atoms with E-state index in [1.54, 1.807) is 36.4 Å². The number of alkyl halides is 6. The Morgan fingerprint density at radius 2 is 0.850 bits per heavy atom. The summed E-state index contributed by atoms with van der Waals surface area (Å²) in [4.78, 5) is 0. The third-order valence-electron chi connectivity index (χ3n) is 10.6. The summed E-state index contributed by atoms with van der Waals surface area (Å²) in [5.41, 5.74) is 5.49. The number of hydrogen-bond acceptors (Lipinski definition) is 0. The number of benzene rings is 6. The summed E-state index contributed by atoms with van der Waals surface area (Å²) < 4.78 is 80.0. The van der Waals surface area contributed by atoms with Crippen molar-refractivity contribution in [2.45, 2.75) is 64.7 Å². The van der Waals surface area contributed by atoms with Crippen LogP contribution in [0.4, 0.5) is 26.3 Å². The molecule has 8 heteroatoms. The van der Waals surface area contributed by atoms with Gasteiger partial charge in [-0.05, 0) is 34.1 Å². The summed E-state index contributed by atoms with van der Waals surface area (Å²) in [5, 5.41) is 6.51. The van der Waals surface area contributed by atoms with Crippen LogP contribution in [0.2, 0.25) is 0 Å². The van der Waals surface area contributed by atoms with Gasteiger partial charge in [0, 0.05) is 25.8 Å². The summed E-state index contributed by atoms with van der Waals surface area (Å²) in [6, 6.07) is 48.9. The molecule has 0 aliphatic carbocycles. The van der Waals surface area contributed by atoms with Crippen LogP contribution < -0.4 is 10.4 Å². The van der Waals surface area contributed by atoms with Crippen LogP contribution in [0.5, 0.6) is 0 Å². The number of fused-ring (bicyclic) bond motifs is 5. The van der Waals surface area contributed by atoms with Gasteiger partial charge in [-0.2, -0.15) is 67.9 Å². The summed E-state index contributed by atoms with van der Waals surface area (Å²) in [6.07, 6.45) is -8.73. The number of hydrogen-bond donors (Lipinski definition) is 0. The van der Waals surface area contributed by atoms with Crippen LogP contribution in [0.25, 0.3) is 54.9 Å². The Morgan fingerprint density at radius 3 is 1.30 bits per heavy atom. The van der Waals surface area contributed by atoms with Gasteiger partial charge in [0.15, 0.2) is 0 Å². The van der Waals surface area contributed by atoms with Crippen molar-refractivity contribution < 1.29 is 52.2 Å². The maximum absolute atomic E-state index is 13.3. The molecule has 0 aromatic heterocycles. The number of halogens is 6. The minimum atomic E-state index is -4.36. The Balaban J connectivity index is 0.000000155. The van der Waals surface area contributed by atoms with Gasteiger partial charge in [-0.15, -0.1) is 74.6 Å². The molecule has 0 atom stereocenters. The molecule has 0 spiro atoms.